The SMILES string of the molecule is CCCNCc1cn[nH]c1S(=O)(=O)NCC(C)(C)OC. The van der Waals surface area contributed by atoms with Gasteiger partial charge in [0.05, 0.1) is 11.8 Å². The molecule has 0 spiro atoms. The van der Waals surface area contributed by atoms with Crippen molar-refractivity contribution >= 4 is 10.0 Å². The predicted molar refractivity (Wildman–Crippen MR) is 76.9 cm³/mol. The minimum Gasteiger partial charge on any atom is -0.377 e. The van der Waals surface area contributed by atoms with Gasteiger partial charge in [-0.3, -0.25) is 5.10 Å². The van der Waals surface area contributed by atoms with E-state index in [1.807, 2.05) is 13.8 Å². The van der Waals surface area contributed by atoms with Gasteiger partial charge >= 0.3 is 0 Å². The number of hydrogen-bond acceptors (Lipinski definition) is 5. The molecule has 1 heterocycles. The lowest BCUT2D eigenvalue weighted by molar-refractivity contribution is 0.0276. The summed E-state index contributed by atoms with van der Waals surface area (Å²) in [5.74, 6) is 0. The van der Waals surface area contributed by atoms with Crippen LogP contribution in [-0.2, 0) is 21.3 Å². The van der Waals surface area contributed by atoms with Gasteiger partial charge in [-0.15, -0.1) is 0 Å². The van der Waals surface area contributed by atoms with Gasteiger partial charge in [0.2, 0.25) is 0 Å². The van der Waals surface area contributed by atoms with Crippen molar-refractivity contribution in [1.82, 2.24) is 20.2 Å². The molecule has 1 rings (SSSR count). The van der Waals surface area contributed by atoms with Crippen LogP contribution in [0.25, 0.3) is 0 Å². The average Bonchev–Trinajstić information content (AvgIpc) is 2.86. The number of ether oxygens (including phenoxy) is 1. The molecule has 20 heavy (non-hydrogen) atoms. The minimum absolute atomic E-state index is 0.105. The van der Waals surface area contributed by atoms with Gasteiger partial charge in [0.1, 0.15) is 0 Å². The highest BCUT2D eigenvalue weighted by Gasteiger charge is 2.24. The first kappa shape index (κ1) is 17.1. The molecule has 0 saturated carbocycles. The molecule has 0 radical (unpaired) electrons. The van der Waals surface area contributed by atoms with Crippen molar-refractivity contribution in [2.24, 2.45) is 0 Å². The Morgan fingerprint density at radius 3 is 2.75 bits per heavy atom. The second kappa shape index (κ2) is 7.16. The van der Waals surface area contributed by atoms with Gasteiger partial charge in [-0.05, 0) is 26.8 Å². The zero-order chi connectivity index (χ0) is 15.2. The third kappa shape index (κ3) is 4.86. The van der Waals surface area contributed by atoms with Crippen LogP contribution < -0.4 is 10.0 Å². The quantitative estimate of drug-likeness (QED) is 0.581. The van der Waals surface area contributed by atoms with Crippen molar-refractivity contribution in [2.45, 2.75) is 44.4 Å². The molecule has 0 aliphatic carbocycles. The van der Waals surface area contributed by atoms with Crippen LogP contribution in [0.2, 0.25) is 0 Å². The summed E-state index contributed by atoms with van der Waals surface area (Å²) in [7, 11) is -2.07. The Labute approximate surface area is 120 Å². The normalized spacial score (nSPS) is 12.8. The van der Waals surface area contributed by atoms with E-state index in [9.17, 15) is 8.42 Å². The first-order chi connectivity index (χ1) is 9.32. The maximum absolute atomic E-state index is 12.2. The molecule has 116 valence electrons. The molecule has 1 aromatic heterocycles. The zero-order valence-corrected chi connectivity index (χ0v) is 13.3. The highest BCUT2D eigenvalue weighted by molar-refractivity contribution is 7.89. The van der Waals surface area contributed by atoms with E-state index in [0.717, 1.165) is 13.0 Å². The lowest BCUT2D eigenvalue weighted by Crippen LogP contribution is -2.40. The first-order valence-electron chi connectivity index (χ1n) is 6.60. The van der Waals surface area contributed by atoms with Gasteiger partial charge in [-0.25, -0.2) is 13.1 Å². The van der Waals surface area contributed by atoms with E-state index in [0.29, 0.717) is 12.1 Å². The van der Waals surface area contributed by atoms with Gasteiger partial charge in [-0.1, -0.05) is 6.92 Å². The monoisotopic (exact) mass is 304 g/mol. The number of aromatic nitrogens is 2. The maximum Gasteiger partial charge on any atom is 0.257 e. The number of nitrogens with one attached hydrogen (secondary N) is 3. The van der Waals surface area contributed by atoms with Crippen LogP contribution >= 0.6 is 0 Å². The maximum atomic E-state index is 12.2. The van der Waals surface area contributed by atoms with E-state index >= 15 is 0 Å². The molecule has 0 aromatic carbocycles. The molecule has 0 aliphatic rings. The number of H-pyrrole nitrogens is 1. The Balaban J connectivity index is 2.75. The topological polar surface area (TPSA) is 96.1 Å². The van der Waals surface area contributed by atoms with Crippen LogP contribution in [0.3, 0.4) is 0 Å². The Hall–Kier alpha value is -0.960. The van der Waals surface area contributed by atoms with Gasteiger partial charge in [0, 0.05) is 25.8 Å². The summed E-state index contributed by atoms with van der Waals surface area (Å²) >= 11 is 0. The molecule has 7 nitrogen and oxygen atoms in total. The van der Waals surface area contributed by atoms with Crippen molar-refractivity contribution in [3.8, 4) is 0 Å². The Bertz CT molecular complexity index is 511. The summed E-state index contributed by atoms with van der Waals surface area (Å²) in [6.07, 6.45) is 2.51. The van der Waals surface area contributed by atoms with Crippen LogP contribution in [0.4, 0.5) is 0 Å². The van der Waals surface area contributed by atoms with Crippen LogP contribution in [0.1, 0.15) is 32.8 Å². The fourth-order valence-electron chi connectivity index (χ4n) is 1.47. The number of rotatable bonds is 9. The van der Waals surface area contributed by atoms with Crippen LogP contribution in [0.5, 0.6) is 0 Å². The standard InChI is InChI=1S/C12H24N4O3S/c1-5-6-13-7-10-8-14-16-11(10)20(17,18)15-9-12(2,3)19-4/h8,13,15H,5-7,9H2,1-4H3,(H,14,16). The molecule has 0 amide bonds. The van der Waals surface area contributed by atoms with E-state index in [1.54, 1.807) is 7.11 Å². The lowest BCUT2D eigenvalue weighted by atomic mass is 10.1. The molecule has 0 unspecified atom stereocenters. The van der Waals surface area contributed by atoms with E-state index in [1.165, 1.54) is 6.20 Å². The summed E-state index contributed by atoms with van der Waals surface area (Å²) < 4.78 is 32.2. The Kier molecular flexibility index (Phi) is 6.12. The van der Waals surface area contributed by atoms with E-state index in [4.69, 9.17) is 4.74 Å². The van der Waals surface area contributed by atoms with E-state index < -0.39 is 15.6 Å². The van der Waals surface area contributed by atoms with Crippen molar-refractivity contribution in [3.05, 3.63) is 11.8 Å². The number of sulfonamides is 1. The minimum atomic E-state index is -3.62. The third-order valence-electron chi connectivity index (χ3n) is 2.93. The lowest BCUT2D eigenvalue weighted by Gasteiger charge is -2.22. The van der Waals surface area contributed by atoms with E-state index in [2.05, 4.69) is 27.2 Å². The van der Waals surface area contributed by atoms with Crippen molar-refractivity contribution < 1.29 is 13.2 Å². The van der Waals surface area contributed by atoms with Crippen LogP contribution in [-0.4, -0.2) is 44.4 Å². The number of hydrogen-bond donors (Lipinski definition) is 3. The highest BCUT2D eigenvalue weighted by Crippen LogP contribution is 2.13. The van der Waals surface area contributed by atoms with Crippen molar-refractivity contribution in [3.63, 3.8) is 0 Å². The van der Waals surface area contributed by atoms with Gasteiger partial charge in [0.25, 0.3) is 10.0 Å². The number of nitrogens with zero attached hydrogens (tertiary/aromatic N) is 1. The first-order valence-corrected chi connectivity index (χ1v) is 8.08. The zero-order valence-electron chi connectivity index (χ0n) is 12.5. The van der Waals surface area contributed by atoms with Gasteiger partial charge in [0.15, 0.2) is 5.03 Å². The molecule has 0 atom stereocenters. The summed E-state index contributed by atoms with van der Waals surface area (Å²) in [6, 6.07) is 0. The molecular weight excluding hydrogens is 280 g/mol. The average molecular weight is 304 g/mol. The summed E-state index contributed by atoms with van der Waals surface area (Å²) in [5, 5.41) is 9.62. The number of methoxy groups -OCH3 is 1. The highest BCUT2D eigenvalue weighted by atomic mass is 32.2. The molecule has 8 heteroatoms. The third-order valence-corrected chi connectivity index (χ3v) is 4.34. The smallest absolute Gasteiger partial charge is 0.257 e. The Morgan fingerprint density at radius 1 is 1.45 bits per heavy atom. The largest absolute Gasteiger partial charge is 0.377 e. The summed E-state index contributed by atoms with van der Waals surface area (Å²) in [5.41, 5.74) is 0.0643. The van der Waals surface area contributed by atoms with Gasteiger partial charge in [-0.2, -0.15) is 5.10 Å². The molecule has 0 fully saturated rings. The Morgan fingerprint density at radius 2 is 2.15 bits per heavy atom. The second-order valence-electron chi connectivity index (χ2n) is 5.19. The molecule has 1 aromatic rings. The summed E-state index contributed by atoms with van der Waals surface area (Å²) in [6.45, 7) is 7.16. The van der Waals surface area contributed by atoms with Crippen molar-refractivity contribution in [1.29, 1.82) is 0 Å². The molecule has 0 saturated heterocycles. The molecule has 0 bridgehead atoms. The molecular formula is C12H24N4O3S. The predicted octanol–water partition coefficient (Wildman–Crippen LogP) is 0.613. The van der Waals surface area contributed by atoms with Crippen molar-refractivity contribution in [2.75, 3.05) is 20.2 Å². The molecule has 0 aliphatic heterocycles. The second-order valence-corrected chi connectivity index (χ2v) is 6.89. The van der Waals surface area contributed by atoms with Gasteiger partial charge < -0.3 is 10.1 Å². The van der Waals surface area contributed by atoms with Crippen LogP contribution in [0, 0.1) is 0 Å². The summed E-state index contributed by atoms with van der Waals surface area (Å²) in [4.78, 5) is 0. The number of aromatic amines is 1. The van der Waals surface area contributed by atoms with E-state index in [-0.39, 0.29) is 11.6 Å². The fourth-order valence-corrected chi connectivity index (χ4v) is 2.80. The fraction of sp³-hybridized carbons (Fsp3) is 0.750. The van der Waals surface area contributed by atoms with Crippen LogP contribution in [0.15, 0.2) is 11.2 Å². The molecule has 3 N–H and O–H groups in total.